The zero-order chi connectivity index (χ0) is 13.9. The van der Waals surface area contributed by atoms with Gasteiger partial charge in [-0.15, -0.1) is 11.3 Å². The van der Waals surface area contributed by atoms with E-state index < -0.39 is 0 Å². The van der Waals surface area contributed by atoms with Gasteiger partial charge in [0.2, 0.25) is 0 Å². The predicted octanol–water partition coefficient (Wildman–Crippen LogP) is 2.54. The summed E-state index contributed by atoms with van der Waals surface area (Å²) in [6.45, 7) is 5.14. The second-order valence-corrected chi connectivity index (χ2v) is 6.28. The minimum absolute atomic E-state index is 0.0415. The smallest absolute Gasteiger partial charge is 0.264 e. The molecule has 2 aliphatic rings. The van der Waals surface area contributed by atoms with Gasteiger partial charge in [0.25, 0.3) is 5.91 Å². The first-order valence-corrected chi connectivity index (χ1v) is 8.26. The van der Waals surface area contributed by atoms with Crippen LogP contribution >= 0.6 is 11.3 Å². The third kappa shape index (κ3) is 2.75. The highest BCUT2D eigenvalue weighted by atomic mass is 32.1. The number of ether oxygens (including phenoxy) is 2. The molecule has 3 rings (SSSR count). The van der Waals surface area contributed by atoms with Crippen LogP contribution in [0, 0.1) is 5.92 Å². The summed E-state index contributed by atoms with van der Waals surface area (Å²) in [6, 6.07) is 2.06. The summed E-state index contributed by atoms with van der Waals surface area (Å²) in [4.78, 5) is 15.4. The van der Waals surface area contributed by atoms with Crippen molar-refractivity contribution in [3.63, 3.8) is 0 Å². The standard InChI is InChI=1S/C15H21NO3S/c1-2-11-5-10-20-13(11)14(17)16-6-3-12(4-7-16)15-18-8-9-19-15/h5,10,12,15H,2-4,6-9H2,1H3. The topological polar surface area (TPSA) is 38.8 Å². The Bertz CT molecular complexity index is 459. The molecule has 0 bridgehead atoms. The zero-order valence-corrected chi connectivity index (χ0v) is 12.7. The molecule has 1 aromatic heterocycles. The summed E-state index contributed by atoms with van der Waals surface area (Å²) >= 11 is 1.56. The van der Waals surface area contributed by atoms with E-state index in [1.54, 1.807) is 11.3 Å². The van der Waals surface area contributed by atoms with Gasteiger partial charge in [0.15, 0.2) is 6.29 Å². The quantitative estimate of drug-likeness (QED) is 0.860. The number of thiophene rings is 1. The second-order valence-electron chi connectivity index (χ2n) is 5.37. The highest BCUT2D eigenvalue weighted by molar-refractivity contribution is 7.12. The van der Waals surface area contributed by atoms with Crippen LogP contribution in [-0.2, 0) is 15.9 Å². The number of rotatable bonds is 3. The van der Waals surface area contributed by atoms with E-state index in [9.17, 15) is 4.79 Å². The van der Waals surface area contributed by atoms with Crippen molar-refractivity contribution in [2.24, 2.45) is 5.92 Å². The van der Waals surface area contributed by atoms with E-state index in [-0.39, 0.29) is 12.2 Å². The molecular formula is C15H21NO3S. The van der Waals surface area contributed by atoms with Gasteiger partial charge in [-0.25, -0.2) is 0 Å². The molecule has 20 heavy (non-hydrogen) atoms. The van der Waals surface area contributed by atoms with Gasteiger partial charge in [-0.3, -0.25) is 4.79 Å². The first-order valence-electron chi connectivity index (χ1n) is 7.38. The molecule has 0 N–H and O–H groups in total. The third-order valence-electron chi connectivity index (χ3n) is 4.18. The lowest BCUT2D eigenvalue weighted by Gasteiger charge is -2.33. The Balaban J connectivity index is 1.59. The van der Waals surface area contributed by atoms with Crippen LogP contribution in [0.3, 0.4) is 0 Å². The molecule has 0 atom stereocenters. The molecule has 1 amide bonds. The average molecular weight is 295 g/mol. The molecule has 2 fully saturated rings. The lowest BCUT2D eigenvalue weighted by molar-refractivity contribution is -0.0956. The molecule has 0 unspecified atom stereocenters. The molecule has 0 radical (unpaired) electrons. The highest BCUT2D eigenvalue weighted by Crippen LogP contribution is 2.28. The van der Waals surface area contributed by atoms with Crippen molar-refractivity contribution in [2.45, 2.75) is 32.5 Å². The fourth-order valence-electron chi connectivity index (χ4n) is 2.97. The van der Waals surface area contributed by atoms with Gasteiger partial charge >= 0.3 is 0 Å². The summed E-state index contributed by atoms with van der Waals surface area (Å²) in [7, 11) is 0. The largest absolute Gasteiger partial charge is 0.350 e. The minimum atomic E-state index is -0.0415. The number of amides is 1. The van der Waals surface area contributed by atoms with Gasteiger partial charge in [-0.2, -0.15) is 0 Å². The minimum Gasteiger partial charge on any atom is -0.350 e. The number of piperidine rings is 1. The molecule has 5 heteroatoms. The van der Waals surface area contributed by atoms with Crippen LogP contribution in [0.25, 0.3) is 0 Å². The molecule has 2 saturated heterocycles. The lowest BCUT2D eigenvalue weighted by atomic mass is 9.96. The summed E-state index contributed by atoms with van der Waals surface area (Å²) < 4.78 is 11.1. The van der Waals surface area contributed by atoms with Crippen molar-refractivity contribution in [1.29, 1.82) is 0 Å². The van der Waals surface area contributed by atoms with E-state index in [1.165, 1.54) is 5.56 Å². The number of hydrogen-bond acceptors (Lipinski definition) is 4. The molecule has 0 aromatic carbocycles. The van der Waals surface area contributed by atoms with Crippen LogP contribution in [0.15, 0.2) is 11.4 Å². The number of carbonyl (C=O) groups excluding carboxylic acids is 1. The van der Waals surface area contributed by atoms with E-state index in [2.05, 4.69) is 13.0 Å². The maximum atomic E-state index is 12.5. The number of aryl methyl sites for hydroxylation is 1. The zero-order valence-electron chi connectivity index (χ0n) is 11.8. The number of hydrogen-bond donors (Lipinski definition) is 0. The second kappa shape index (κ2) is 6.24. The van der Waals surface area contributed by atoms with Crippen molar-refractivity contribution in [3.05, 3.63) is 21.9 Å². The number of nitrogens with zero attached hydrogens (tertiary/aromatic N) is 1. The lowest BCUT2D eigenvalue weighted by Crippen LogP contribution is -2.41. The Labute approximate surface area is 123 Å². The molecule has 0 aliphatic carbocycles. The van der Waals surface area contributed by atoms with Gasteiger partial charge in [-0.05, 0) is 36.3 Å². The van der Waals surface area contributed by atoms with Crippen molar-refractivity contribution in [3.8, 4) is 0 Å². The van der Waals surface area contributed by atoms with E-state index in [0.717, 1.165) is 37.2 Å². The van der Waals surface area contributed by atoms with Crippen LogP contribution in [0.1, 0.15) is 35.0 Å². The fraction of sp³-hybridized carbons (Fsp3) is 0.667. The maximum Gasteiger partial charge on any atom is 0.264 e. The normalized spacial score (nSPS) is 21.6. The summed E-state index contributed by atoms with van der Waals surface area (Å²) in [5, 5.41) is 2.01. The van der Waals surface area contributed by atoms with Gasteiger partial charge in [0.05, 0.1) is 18.1 Å². The number of carbonyl (C=O) groups is 1. The SMILES string of the molecule is CCc1ccsc1C(=O)N1CCC(C2OCCO2)CC1. The van der Waals surface area contributed by atoms with Crippen LogP contribution in [-0.4, -0.2) is 43.4 Å². The first kappa shape index (κ1) is 14.0. The Morgan fingerprint density at radius 1 is 1.35 bits per heavy atom. The highest BCUT2D eigenvalue weighted by Gasteiger charge is 2.32. The molecule has 0 spiro atoms. The number of likely N-dealkylation sites (tertiary alicyclic amines) is 1. The molecule has 110 valence electrons. The Morgan fingerprint density at radius 3 is 2.70 bits per heavy atom. The molecule has 4 nitrogen and oxygen atoms in total. The predicted molar refractivity (Wildman–Crippen MR) is 78.0 cm³/mol. The Hall–Kier alpha value is -0.910. The summed E-state index contributed by atoms with van der Waals surface area (Å²) in [5.41, 5.74) is 1.17. The Kier molecular flexibility index (Phi) is 4.38. The van der Waals surface area contributed by atoms with Gasteiger partial charge in [-0.1, -0.05) is 6.92 Å². The van der Waals surface area contributed by atoms with Gasteiger partial charge < -0.3 is 14.4 Å². The van der Waals surface area contributed by atoms with Crippen LogP contribution in [0.4, 0.5) is 0 Å². The van der Waals surface area contributed by atoms with Gasteiger partial charge in [0, 0.05) is 19.0 Å². The molecular weight excluding hydrogens is 274 g/mol. The molecule has 1 aromatic rings. The molecule has 2 aliphatic heterocycles. The fourth-order valence-corrected chi connectivity index (χ4v) is 3.93. The van der Waals surface area contributed by atoms with Crippen LogP contribution in [0.5, 0.6) is 0 Å². The maximum absolute atomic E-state index is 12.5. The van der Waals surface area contributed by atoms with Crippen molar-refractivity contribution < 1.29 is 14.3 Å². The third-order valence-corrected chi connectivity index (χ3v) is 5.13. The van der Waals surface area contributed by atoms with E-state index in [0.29, 0.717) is 19.1 Å². The molecule has 0 saturated carbocycles. The summed E-state index contributed by atoms with van der Waals surface area (Å²) in [6.07, 6.45) is 2.83. The van der Waals surface area contributed by atoms with Crippen LogP contribution in [0.2, 0.25) is 0 Å². The van der Waals surface area contributed by atoms with Crippen molar-refractivity contribution in [2.75, 3.05) is 26.3 Å². The first-order chi connectivity index (χ1) is 9.79. The van der Waals surface area contributed by atoms with Crippen molar-refractivity contribution >= 4 is 17.2 Å². The van der Waals surface area contributed by atoms with Gasteiger partial charge in [0.1, 0.15) is 0 Å². The molecule has 3 heterocycles. The van der Waals surface area contributed by atoms with Crippen LogP contribution < -0.4 is 0 Å². The Morgan fingerprint density at radius 2 is 2.05 bits per heavy atom. The average Bonchev–Trinajstić information content (AvgIpc) is 3.17. The van der Waals surface area contributed by atoms with E-state index in [4.69, 9.17) is 9.47 Å². The summed E-state index contributed by atoms with van der Waals surface area (Å²) in [5.74, 6) is 0.638. The van der Waals surface area contributed by atoms with E-state index >= 15 is 0 Å². The monoisotopic (exact) mass is 295 g/mol. The van der Waals surface area contributed by atoms with E-state index in [1.807, 2.05) is 10.3 Å². The van der Waals surface area contributed by atoms with Crippen molar-refractivity contribution in [1.82, 2.24) is 4.90 Å².